The summed E-state index contributed by atoms with van der Waals surface area (Å²) in [4.78, 5) is 0.468. The minimum atomic E-state index is 0.374. The van der Waals surface area contributed by atoms with Gasteiger partial charge in [0.25, 0.3) is 4.80 Å². The largest absolute Gasteiger partial charge is 0.415 e. The number of hydrogen-bond acceptors (Lipinski definition) is 3. The molecule has 1 aromatic heterocycles. The maximum atomic E-state index is 5.19. The molecule has 0 N–H and O–H groups in total. The third-order valence-corrected chi connectivity index (χ3v) is 1.88. The lowest BCUT2D eigenvalue weighted by molar-refractivity contribution is 0.428. The lowest BCUT2D eigenvalue weighted by atomic mass is 10.1. The van der Waals surface area contributed by atoms with Gasteiger partial charge in [0.1, 0.15) is 0 Å². The van der Waals surface area contributed by atoms with Gasteiger partial charge in [0.05, 0.1) is 0 Å². The molecule has 3 nitrogen and oxygen atoms in total. The van der Waals surface area contributed by atoms with Crippen LogP contribution in [0.4, 0.5) is 0 Å². The molecule has 0 aliphatic rings. The highest BCUT2D eigenvalue weighted by atomic mass is 79.9. The van der Waals surface area contributed by atoms with Gasteiger partial charge in [-0.05, 0) is 6.42 Å². The molecule has 0 radical (unpaired) electrons. The van der Waals surface area contributed by atoms with Crippen molar-refractivity contribution >= 4 is 15.9 Å². The maximum Gasteiger partial charge on any atom is 0.284 e. The Balaban J connectivity index is 2.60. The fourth-order valence-corrected chi connectivity index (χ4v) is 1.22. The number of rotatable bonds is 3. The zero-order valence-electron chi connectivity index (χ0n) is 6.67. The van der Waals surface area contributed by atoms with E-state index in [4.69, 9.17) is 4.42 Å². The first-order valence-corrected chi connectivity index (χ1v) is 4.52. The van der Waals surface area contributed by atoms with Crippen LogP contribution in [0.25, 0.3) is 0 Å². The van der Waals surface area contributed by atoms with E-state index in [1.54, 1.807) is 0 Å². The molecule has 0 aliphatic carbocycles. The van der Waals surface area contributed by atoms with Crippen molar-refractivity contribution in [3.63, 3.8) is 0 Å². The first kappa shape index (κ1) is 8.71. The first-order valence-electron chi connectivity index (χ1n) is 3.73. The molecule has 0 aromatic carbocycles. The molecule has 0 spiro atoms. The van der Waals surface area contributed by atoms with Gasteiger partial charge in [-0.3, -0.25) is 0 Å². The second-order valence-electron chi connectivity index (χ2n) is 2.58. The van der Waals surface area contributed by atoms with Gasteiger partial charge in [-0.1, -0.05) is 20.3 Å². The van der Waals surface area contributed by atoms with Crippen LogP contribution in [0, 0.1) is 0 Å². The molecule has 0 saturated carbocycles. The van der Waals surface area contributed by atoms with Crippen LogP contribution >= 0.6 is 15.9 Å². The van der Waals surface area contributed by atoms with Gasteiger partial charge in [-0.25, -0.2) is 0 Å². The van der Waals surface area contributed by atoms with Crippen molar-refractivity contribution in [2.24, 2.45) is 0 Å². The van der Waals surface area contributed by atoms with Crippen LogP contribution in [0.3, 0.4) is 0 Å². The van der Waals surface area contributed by atoms with Crippen molar-refractivity contribution in [2.75, 3.05) is 0 Å². The number of nitrogens with zero attached hydrogens (tertiary/aromatic N) is 2. The maximum absolute atomic E-state index is 5.19. The molecule has 1 heterocycles. The summed E-state index contributed by atoms with van der Waals surface area (Å²) < 4.78 is 5.19. The van der Waals surface area contributed by atoms with E-state index in [0.717, 1.165) is 18.7 Å². The molecule has 0 saturated heterocycles. The fraction of sp³-hybridized carbons (Fsp3) is 0.714. The van der Waals surface area contributed by atoms with Crippen molar-refractivity contribution in [3.8, 4) is 0 Å². The van der Waals surface area contributed by atoms with Crippen LogP contribution in [-0.2, 0) is 0 Å². The first-order chi connectivity index (χ1) is 5.24. The average Bonchev–Trinajstić information content (AvgIpc) is 2.36. The van der Waals surface area contributed by atoms with Gasteiger partial charge in [-0.2, -0.15) is 0 Å². The van der Waals surface area contributed by atoms with E-state index in [9.17, 15) is 0 Å². The van der Waals surface area contributed by atoms with Gasteiger partial charge in [0.15, 0.2) is 0 Å². The molecule has 4 heteroatoms. The molecule has 1 aromatic rings. The van der Waals surface area contributed by atoms with Crippen LogP contribution in [0.5, 0.6) is 0 Å². The van der Waals surface area contributed by atoms with E-state index in [-0.39, 0.29) is 0 Å². The summed E-state index contributed by atoms with van der Waals surface area (Å²) in [7, 11) is 0. The molecular weight excluding hydrogens is 208 g/mol. The molecule has 62 valence electrons. The minimum absolute atomic E-state index is 0.374. The van der Waals surface area contributed by atoms with E-state index < -0.39 is 0 Å². The fourth-order valence-electron chi connectivity index (χ4n) is 0.971. The van der Waals surface area contributed by atoms with Crippen LogP contribution in [0.15, 0.2) is 9.22 Å². The summed E-state index contributed by atoms with van der Waals surface area (Å²) >= 11 is 3.11. The summed E-state index contributed by atoms with van der Waals surface area (Å²) in [5.41, 5.74) is 0. The molecule has 1 unspecified atom stereocenters. The Hall–Kier alpha value is -0.380. The predicted molar refractivity (Wildman–Crippen MR) is 45.3 cm³/mol. The molecule has 0 amide bonds. The second kappa shape index (κ2) is 3.85. The molecule has 0 aliphatic heterocycles. The van der Waals surface area contributed by atoms with Crippen molar-refractivity contribution < 1.29 is 4.42 Å². The highest BCUT2D eigenvalue weighted by molar-refractivity contribution is 9.10. The number of halogens is 1. The summed E-state index contributed by atoms with van der Waals surface area (Å²) in [6.45, 7) is 4.23. The monoisotopic (exact) mass is 218 g/mol. The van der Waals surface area contributed by atoms with Gasteiger partial charge in [0, 0.05) is 21.8 Å². The Morgan fingerprint density at radius 3 is 2.73 bits per heavy atom. The molecule has 0 fully saturated rings. The minimum Gasteiger partial charge on any atom is -0.415 e. The van der Waals surface area contributed by atoms with Crippen LogP contribution in [0.2, 0.25) is 0 Å². The van der Waals surface area contributed by atoms with E-state index in [1.165, 1.54) is 0 Å². The van der Waals surface area contributed by atoms with Gasteiger partial charge in [0.2, 0.25) is 5.89 Å². The van der Waals surface area contributed by atoms with E-state index >= 15 is 0 Å². The molecular formula is C7H11BrN2O. The normalized spacial score (nSPS) is 13.4. The second-order valence-corrected chi connectivity index (χ2v) is 3.26. The van der Waals surface area contributed by atoms with E-state index in [0.29, 0.717) is 10.7 Å². The van der Waals surface area contributed by atoms with Crippen LogP contribution < -0.4 is 0 Å². The predicted octanol–water partition coefficient (Wildman–Crippen LogP) is 2.74. The van der Waals surface area contributed by atoms with Gasteiger partial charge >= 0.3 is 0 Å². The Labute approximate surface area is 74.3 Å². The van der Waals surface area contributed by atoms with E-state index in [2.05, 4.69) is 40.0 Å². The summed E-state index contributed by atoms with van der Waals surface area (Å²) in [5.74, 6) is 1.09. The Bertz CT molecular complexity index is 224. The van der Waals surface area contributed by atoms with E-state index in [1.807, 2.05) is 0 Å². The van der Waals surface area contributed by atoms with Crippen molar-refractivity contribution in [1.29, 1.82) is 0 Å². The molecule has 11 heavy (non-hydrogen) atoms. The lowest BCUT2D eigenvalue weighted by Gasteiger charge is -2.01. The SMILES string of the molecule is CCCC(C)c1nnc(Br)o1. The Morgan fingerprint density at radius 2 is 2.27 bits per heavy atom. The highest BCUT2D eigenvalue weighted by Gasteiger charge is 2.10. The number of hydrogen-bond donors (Lipinski definition) is 0. The Kier molecular flexibility index (Phi) is 3.05. The molecule has 1 rings (SSSR count). The summed E-state index contributed by atoms with van der Waals surface area (Å²) in [6, 6.07) is 0. The van der Waals surface area contributed by atoms with Crippen molar-refractivity contribution in [3.05, 3.63) is 10.7 Å². The highest BCUT2D eigenvalue weighted by Crippen LogP contribution is 2.20. The lowest BCUT2D eigenvalue weighted by Crippen LogP contribution is -1.92. The van der Waals surface area contributed by atoms with Gasteiger partial charge < -0.3 is 4.42 Å². The molecule has 1 atom stereocenters. The Morgan fingerprint density at radius 1 is 1.55 bits per heavy atom. The van der Waals surface area contributed by atoms with Crippen LogP contribution in [0.1, 0.15) is 38.5 Å². The zero-order valence-corrected chi connectivity index (χ0v) is 8.26. The average molecular weight is 219 g/mol. The zero-order chi connectivity index (χ0) is 8.27. The smallest absolute Gasteiger partial charge is 0.284 e. The molecule has 0 bridgehead atoms. The van der Waals surface area contributed by atoms with Crippen molar-refractivity contribution in [1.82, 2.24) is 10.2 Å². The summed E-state index contributed by atoms with van der Waals surface area (Å²) in [5, 5.41) is 7.59. The third-order valence-electron chi connectivity index (χ3n) is 1.56. The van der Waals surface area contributed by atoms with Gasteiger partial charge in [-0.15, -0.1) is 10.2 Å². The summed E-state index contributed by atoms with van der Waals surface area (Å²) in [6.07, 6.45) is 2.23. The van der Waals surface area contributed by atoms with Crippen molar-refractivity contribution in [2.45, 2.75) is 32.6 Å². The quantitative estimate of drug-likeness (QED) is 0.784. The topological polar surface area (TPSA) is 38.9 Å². The third kappa shape index (κ3) is 2.29. The standard InChI is InChI=1S/C7H11BrN2O/c1-3-4-5(2)6-9-10-7(8)11-6/h5H,3-4H2,1-2H3. The number of aromatic nitrogens is 2. The van der Waals surface area contributed by atoms with Crippen LogP contribution in [-0.4, -0.2) is 10.2 Å².